The van der Waals surface area contributed by atoms with Crippen LogP contribution in [0.3, 0.4) is 0 Å². The second-order valence-electron chi connectivity index (χ2n) is 6.41. The highest BCUT2D eigenvalue weighted by Crippen LogP contribution is 2.39. The number of carbonyl (C=O) groups excluding carboxylic acids is 2. The smallest absolute Gasteiger partial charge is 0.254 e. The fourth-order valence-electron chi connectivity index (χ4n) is 3.31. The molecule has 7 nitrogen and oxygen atoms in total. The van der Waals surface area contributed by atoms with Gasteiger partial charge in [-0.25, -0.2) is 0 Å². The van der Waals surface area contributed by atoms with Gasteiger partial charge in [-0.2, -0.15) is 0 Å². The summed E-state index contributed by atoms with van der Waals surface area (Å²) in [5.74, 6) is -0.160. The Labute approximate surface area is 147 Å². The highest BCUT2D eigenvalue weighted by molar-refractivity contribution is 5.86. The number of methoxy groups -OCH3 is 1. The third kappa shape index (κ3) is 3.82. The van der Waals surface area contributed by atoms with Crippen LogP contribution in [0.5, 0.6) is 0 Å². The van der Waals surface area contributed by atoms with Crippen molar-refractivity contribution >= 4 is 11.8 Å². The zero-order chi connectivity index (χ0) is 17.8. The van der Waals surface area contributed by atoms with Crippen molar-refractivity contribution in [3.8, 4) is 0 Å². The summed E-state index contributed by atoms with van der Waals surface area (Å²) >= 11 is 0. The predicted molar refractivity (Wildman–Crippen MR) is 90.7 cm³/mol. The molecule has 3 rings (SSSR count). The first-order chi connectivity index (χ1) is 12.2. The van der Waals surface area contributed by atoms with Crippen molar-refractivity contribution in [1.29, 1.82) is 0 Å². The van der Waals surface area contributed by atoms with E-state index in [2.05, 4.69) is 4.98 Å². The average molecular weight is 347 g/mol. The third-order valence-electron chi connectivity index (χ3n) is 4.73. The fraction of sp³-hybridized carbons (Fsp3) is 0.611. The van der Waals surface area contributed by atoms with Crippen LogP contribution >= 0.6 is 0 Å². The molecular weight excluding hydrogens is 322 g/mol. The van der Waals surface area contributed by atoms with E-state index in [0.29, 0.717) is 19.7 Å². The number of amides is 2. The van der Waals surface area contributed by atoms with Gasteiger partial charge in [0.05, 0.1) is 12.6 Å². The van der Waals surface area contributed by atoms with Crippen LogP contribution in [0.4, 0.5) is 0 Å². The maximum Gasteiger partial charge on any atom is 0.254 e. The SMILES string of the molecule is CCN(CCOC)C(=O)[C@H]1OCC(=O)N(C2CC2)[C@@H]1c1cccnc1. The number of pyridine rings is 1. The summed E-state index contributed by atoms with van der Waals surface area (Å²) in [6.07, 6.45) is 4.65. The maximum absolute atomic E-state index is 13.1. The molecule has 136 valence electrons. The van der Waals surface area contributed by atoms with Crippen LogP contribution in [-0.4, -0.2) is 72.2 Å². The Balaban J connectivity index is 1.89. The zero-order valence-corrected chi connectivity index (χ0v) is 14.8. The molecule has 0 unspecified atom stereocenters. The molecule has 1 aliphatic heterocycles. The van der Waals surface area contributed by atoms with Crippen molar-refractivity contribution in [1.82, 2.24) is 14.8 Å². The molecular formula is C18H25N3O4. The number of ether oxygens (including phenoxy) is 2. The number of hydrogen-bond donors (Lipinski definition) is 0. The van der Waals surface area contributed by atoms with E-state index in [-0.39, 0.29) is 24.5 Å². The van der Waals surface area contributed by atoms with E-state index in [0.717, 1.165) is 18.4 Å². The number of likely N-dealkylation sites (N-methyl/N-ethyl adjacent to an activating group) is 1. The van der Waals surface area contributed by atoms with Crippen molar-refractivity contribution < 1.29 is 19.1 Å². The molecule has 0 bridgehead atoms. The molecule has 7 heteroatoms. The summed E-state index contributed by atoms with van der Waals surface area (Å²) in [5, 5.41) is 0. The van der Waals surface area contributed by atoms with Gasteiger partial charge in [0.25, 0.3) is 5.91 Å². The number of rotatable bonds is 7. The second kappa shape index (κ2) is 7.93. The molecule has 1 aliphatic carbocycles. The van der Waals surface area contributed by atoms with E-state index < -0.39 is 12.1 Å². The van der Waals surface area contributed by atoms with E-state index >= 15 is 0 Å². The molecule has 25 heavy (non-hydrogen) atoms. The van der Waals surface area contributed by atoms with Crippen molar-refractivity contribution in [3.63, 3.8) is 0 Å². The fourth-order valence-corrected chi connectivity index (χ4v) is 3.31. The van der Waals surface area contributed by atoms with Gasteiger partial charge in [0, 0.05) is 38.6 Å². The minimum atomic E-state index is -0.709. The minimum absolute atomic E-state index is 0.0501. The Kier molecular flexibility index (Phi) is 5.65. The van der Waals surface area contributed by atoms with Crippen molar-refractivity contribution in [3.05, 3.63) is 30.1 Å². The van der Waals surface area contributed by atoms with Crippen molar-refractivity contribution in [2.45, 2.75) is 38.0 Å². The molecule has 2 amide bonds. The van der Waals surface area contributed by atoms with E-state index in [1.54, 1.807) is 24.4 Å². The Morgan fingerprint density at radius 3 is 2.88 bits per heavy atom. The van der Waals surface area contributed by atoms with Gasteiger partial charge in [0.2, 0.25) is 5.91 Å². The molecule has 0 N–H and O–H groups in total. The van der Waals surface area contributed by atoms with Gasteiger partial charge >= 0.3 is 0 Å². The normalized spacial score (nSPS) is 23.6. The lowest BCUT2D eigenvalue weighted by Gasteiger charge is -2.42. The summed E-state index contributed by atoms with van der Waals surface area (Å²) in [6.45, 7) is 3.42. The Morgan fingerprint density at radius 2 is 2.28 bits per heavy atom. The molecule has 2 aliphatic rings. The molecule has 1 saturated heterocycles. The molecule has 2 atom stereocenters. The summed E-state index contributed by atoms with van der Waals surface area (Å²) in [4.78, 5) is 33.3. The van der Waals surface area contributed by atoms with Crippen LogP contribution in [0.2, 0.25) is 0 Å². The van der Waals surface area contributed by atoms with Gasteiger partial charge in [-0.1, -0.05) is 6.07 Å². The highest BCUT2D eigenvalue weighted by atomic mass is 16.5. The molecule has 1 aromatic rings. The van der Waals surface area contributed by atoms with Crippen LogP contribution in [-0.2, 0) is 19.1 Å². The Hall–Kier alpha value is -1.99. The lowest BCUT2D eigenvalue weighted by molar-refractivity contribution is -0.170. The van der Waals surface area contributed by atoms with Crippen molar-refractivity contribution in [2.24, 2.45) is 0 Å². The number of morpholine rings is 1. The van der Waals surface area contributed by atoms with Gasteiger partial charge in [0.1, 0.15) is 6.61 Å². The molecule has 2 heterocycles. The van der Waals surface area contributed by atoms with Gasteiger partial charge in [-0.05, 0) is 31.4 Å². The monoisotopic (exact) mass is 347 g/mol. The van der Waals surface area contributed by atoms with E-state index in [9.17, 15) is 9.59 Å². The predicted octanol–water partition coefficient (Wildman–Crippen LogP) is 1.01. The van der Waals surface area contributed by atoms with Gasteiger partial charge in [-0.15, -0.1) is 0 Å². The quantitative estimate of drug-likeness (QED) is 0.736. The maximum atomic E-state index is 13.1. The highest BCUT2D eigenvalue weighted by Gasteiger charge is 2.48. The zero-order valence-electron chi connectivity index (χ0n) is 14.8. The van der Waals surface area contributed by atoms with Gasteiger partial charge < -0.3 is 19.3 Å². The first kappa shape index (κ1) is 17.8. The number of aromatic nitrogens is 1. The van der Waals surface area contributed by atoms with E-state index in [1.807, 2.05) is 24.0 Å². The molecule has 2 fully saturated rings. The summed E-state index contributed by atoms with van der Waals surface area (Å²) in [5.41, 5.74) is 0.837. The van der Waals surface area contributed by atoms with Crippen LogP contribution in [0.1, 0.15) is 31.4 Å². The average Bonchev–Trinajstić information content (AvgIpc) is 3.47. The molecule has 1 aromatic heterocycles. The van der Waals surface area contributed by atoms with E-state index in [1.165, 1.54) is 0 Å². The van der Waals surface area contributed by atoms with Crippen molar-refractivity contribution in [2.75, 3.05) is 33.4 Å². The Bertz CT molecular complexity index is 606. The lowest BCUT2D eigenvalue weighted by Crippen LogP contribution is -2.56. The van der Waals surface area contributed by atoms with Crippen LogP contribution in [0.15, 0.2) is 24.5 Å². The molecule has 0 spiro atoms. The standard InChI is InChI=1S/C18H25N3O4/c1-3-20(9-10-24-2)18(23)17-16(13-5-4-8-19-11-13)21(14-6-7-14)15(22)12-25-17/h4-5,8,11,14,16-17H,3,6-7,9-10,12H2,1-2H3/t16-,17+/m1/s1. The van der Waals surface area contributed by atoms with Gasteiger partial charge in [-0.3, -0.25) is 14.6 Å². The summed E-state index contributed by atoms with van der Waals surface area (Å²) in [6, 6.07) is 3.50. The van der Waals surface area contributed by atoms with Gasteiger partial charge in [0.15, 0.2) is 6.10 Å². The third-order valence-corrected chi connectivity index (χ3v) is 4.73. The second-order valence-corrected chi connectivity index (χ2v) is 6.41. The van der Waals surface area contributed by atoms with Crippen LogP contribution in [0.25, 0.3) is 0 Å². The number of carbonyl (C=O) groups is 2. The first-order valence-electron chi connectivity index (χ1n) is 8.77. The lowest BCUT2D eigenvalue weighted by atomic mass is 9.97. The summed E-state index contributed by atoms with van der Waals surface area (Å²) < 4.78 is 10.8. The van der Waals surface area contributed by atoms with Crippen LogP contribution in [0, 0.1) is 0 Å². The largest absolute Gasteiger partial charge is 0.383 e. The van der Waals surface area contributed by atoms with Crippen LogP contribution < -0.4 is 0 Å². The first-order valence-corrected chi connectivity index (χ1v) is 8.77. The minimum Gasteiger partial charge on any atom is -0.383 e. The topological polar surface area (TPSA) is 72.0 Å². The Morgan fingerprint density at radius 1 is 1.48 bits per heavy atom. The van der Waals surface area contributed by atoms with E-state index in [4.69, 9.17) is 9.47 Å². The molecule has 0 radical (unpaired) electrons. The summed E-state index contributed by atoms with van der Waals surface area (Å²) in [7, 11) is 1.61. The molecule has 1 saturated carbocycles. The molecule has 0 aromatic carbocycles. The number of nitrogens with zero attached hydrogens (tertiary/aromatic N) is 3. The number of hydrogen-bond acceptors (Lipinski definition) is 5.